The first-order chi connectivity index (χ1) is 14.7. The fraction of sp³-hybridized carbons (Fsp3) is 0.476. The number of hydrogen-bond acceptors (Lipinski definition) is 7. The van der Waals surface area contributed by atoms with Crippen LogP contribution in [0.2, 0.25) is 5.02 Å². The molecular weight excluding hydrogens is 423 g/mol. The van der Waals surface area contributed by atoms with Gasteiger partial charge in [-0.15, -0.1) is 0 Å². The van der Waals surface area contributed by atoms with Crippen molar-refractivity contribution < 1.29 is 14.2 Å². The Morgan fingerprint density at radius 1 is 1.39 bits per heavy atom. The van der Waals surface area contributed by atoms with E-state index in [1.54, 1.807) is 17.7 Å². The zero-order valence-corrected chi connectivity index (χ0v) is 18.7. The number of anilines is 1. The van der Waals surface area contributed by atoms with Crippen molar-refractivity contribution in [1.82, 2.24) is 24.6 Å². The van der Waals surface area contributed by atoms with Crippen molar-refractivity contribution >= 4 is 28.5 Å². The molecule has 10 heteroatoms. The number of aliphatic hydroxyl groups is 1. The number of nitrogens with two attached hydrogens (primary N) is 1. The molecule has 3 heterocycles. The Hall–Kier alpha value is -2.49. The molecule has 1 aromatic carbocycles. The quantitative estimate of drug-likeness (QED) is 0.632. The highest BCUT2D eigenvalue weighted by Gasteiger charge is 2.30. The molecule has 0 saturated heterocycles. The van der Waals surface area contributed by atoms with Crippen LogP contribution in [-0.2, 0) is 6.54 Å². The van der Waals surface area contributed by atoms with E-state index in [2.05, 4.69) is 15.1 Å². The molecule has 4 rings (SSSR count). The van der Waals surface area contributed by atoms with Crippen molar-refractivity contribution in [2.24, 2.45) is 0 Å². The van der Waals surface area contributed by atoms with Gasteiger partial charge in [0.15, 0.2) is 5.65 Å². The molecule has 31 heavy (non-hydrogen) atoms. The average Bonchev–Trinajstić information content (AvgIpc) is 2.94. The molecule has 0 spiro atoms. The highest BCUT2D eigenvalue weighted by molar-refractivity contribution is 6.31. The van der Waals surface area contributed by atoms with Gasteiger partial charge in [-0.2, -0.15) is 5.10 Å². The highest BCUT2D eigenvalue weighted by atomic mass is 35.5. The first-order valence-electron chi connectivity index (χ1n) is 10.2. The maximum absolute atomic E-state index is 15.1. The van der Waals surface area contributed by atoms with Gasteiger partial charge in [0.1, 0.15) is 29.8 Å². The lowest BCUT2D eigenvalue weighted by atomic mass is 10.0. The molecule has 0 bridgehead atoms. The van der Waals surface area contributed by atoms with Crippen molar-refractivity contribution in [3.63, 3.8) is 0 Å². The number of halogens is 2. The zero-order valence-electron chi connectivity index (χ0n) is 17.9. The number of rotatable bonds is 4. The first kappa shape index (κ1) is 21.7. The number of aromatic nitrogens is 4. The number of β-amino-alcohol motifs (C(OH)–C–C–N with tert-alkyl or cyclic N) is 1. The van der Waals surface area contributed by atoms with E-state index in [0.717, 1.165) is 0 Å². The summed E-state index contributed by atoms with van der Waals surface area (Å²) in [5.74, 6) is 0.305. The number of nitrogen functional groups attached to an aromatic ring is 1. The summed E-state index contributed by atoms with van der Waals surface area (Å²) in [5.41, 5.74) is 8.40. The molecule has 2 aromatic heterocycles. The number of hydrogen-bond donors (Lipinski definition) is 2. The molecule has 3 aromatic rings. The number of aryl methyl sites for hydroxylation is 1. The standard InChI is InChI=1S/C21H26ClFN6O2/c1-10(30)6-28-7-11(2)31-19-14(5-16(22)18(23)15(19)8-28)13(4)29-21-17(12(3)27-29)20(24)25-9-26-21/h5,9-11,13,30H,6-8H2,1-4H3,(H2,24,25,26)/t10-,11?,13-/m1/s1. The molecule has 0 radical (unpaired) electrons. The van der Waals surface area contributed by atoms with Crippen LogP contribution in [0, 0.1) is 12.7 Å². The van der Waals surface area contributed by atoms with Gasteiger partial charge in [-0.25, -0.2) is 19.0 Å². The summed E-state index contributed by atoms with van der Waals surface area (Å²) in [6.45, 7) is 8.65. The van der Waals surface area contributed by atoms with Crippen LogP contribution in [0.15, 0.2) is 12.4 Å². The van der Waals surface area contributed by atoms with Crippen LogP contribution >= 0.6 is 11.6 Å². The van der Waals surface area contributed by atoms with Crippen molar-refractivity contribution in [2.75, 3.05) is 18.8 Å². The Kier molecular flexibility index (Phi) is 5.76. The van der Waals surface area contributed by atoms with Crippen LogP contribution < -0.4 is 10.5 Å². The number of benzene rings is 1. The SMILES string of the molecule is Cc1nn([C@H](C)c2cc(Cl)c(F)c3c2OC(C)CN(C[C@@H](C)O)C3)c2ncnc(N)c12. The average molecular weight is 449 g/mol. The monoisotopic (exact) mass is 448 g/mol. The van der Waals surface area contributed by atoms with Crippen molar-refractivity contribution in [3.8, 4) is 5.75 Å². The highest BCUT2D eigenvalue weighted by Crippen LogP contribution is 2.40. The number of ether oxygens (including phenoxy) is 1. The molecule has 8 nitrogen and oxygen atoms in total. The van der Waals surface area contributed by atoms with Gasteiger partial charge in [-0.05, 0) is 33.8 Å². The summed E-state index contributed by atoms with van der Waals surface area (Å²) in [6, 6.07) is 1.23. The lowest BCUT2D eigenvalue weighted by molar-refractivity contribution is 0.0988. The molecule has 0 saturated carbocycles. The Bertz CT molecular complexity index is 1130. The molecule has 1 aliphatic heterocycles. The third kappa shape index (κ3) is 3.93. The molecule has 0 fully saturated rings. The largest absolute Gasteiger partial charge is 0.489 e. The van der Waals surface area contributed by atoms with Crippen LogP contribution in [0.3, 0.4) is 0 Å². The lowest BCUT2D eigenvalue weighted by Crippen LogP contribution is -2.35. The Morgan fingerprint density at radius 3 is 2.84 bits per heavy atom. The maximum Gasteiger partial charge on any atom is 0.164 e. The fourth-order valence-electron chi connectivity index (χ4n) is 4.25. The molecule has 1 unspecified atom stereocenters. The molecule has 0 amide bonds. The van der Waals surface area contributed by atoms with E-state index in [4.69, 9.17) is 22.1 Å². The predicted molar refractivity (Wildman–Crippen MR) is 117 cm³/mol. The Morgan fingerprint density at radius 2 is 2.13 bits per heavy atom. The van der Waals surface area contributed by atoms with Gasteiger partial charge >= 0.3 is 0 Å². The predicted octanol–water partition coefficient (Wildman–Crippen LogP) is 3.08. The Labute approximate surface area is 184 Å². The van der Waals surface area contributed by atoms with Gasteiger partial charge in [0.05, 0.1) is 28.2 Å². The molecule has 3 N–H and O–H groups in total. The van der Waals surface area contributed by atoms with E-state index < -0.39 is 11.9 Å². The molecule has 1 aliphatic rings. The van der Waals surface area contributed by atoms with Crippen LogP contribution in [-0.4, -0.2) is 55.1 Å². The summed E-state index contributed by atoms with van der Waals surface area (Å²) in [5, 5.41) is 15.2. The van der Waals surface area contributed by atoms with Gasteiger partial charge < -0.3 is 15.6 Å². The smallest absolute Gasteiger partial charge is 0.164 e. The third-order valence-corrected chi connectivity index (χ3v) is 5.82. The second kappa shape index (κ2) is 8.22. The maximum atomic E-state index is 15.1. The number of fused-ring (bicyclic) bond motifs is 2. The van der Waals surface area contributed by atoms with E-state index in [1.807, 2.05) is 25.7 Å². The normalized spacial score (nSPS) is 19.0. The lowest BCUT2D eigenvalue weighted by Gasteiger charge is -2.23. The van der Waals surface area contributed by atoms with E-state index in [1.165, 1.54) is 6.33 Å². The van der Waals surface area contributed by atoms with Crippen molar-refractivity contribution in [1.29, 1.82) is 0 Å². The van der Waals surface area contributed by atoms with Crippen LogP contribution in [0.5, 0.6) is 5.75 Å². The van der Waals surface area contributed by atoms with Gasteiger partial charge in [0.2, 0.25) is 0 Å². The van der Waals surface area contributed by atoms with Gasteiger partial charge in [0, 0.05) is 30.8 Å². The van der Waals surface area contributed by atoms with Crippen LogP contribution in [0.4, 0.5) is 10.2 Å². The van der Waals surface area contributed by atoms with Crippen LogP contribution in [0.1, 0.15) is 43.6 Å². The summed E-state index contributed by atoms with van der Waals surface area (Å²) in [6.07, 6.45) is 0.644. The summed E-state index contributed by atoms with van der Waals surface area (Å²) >= 11 is 6.30. The fourth-order valence-corrected chi connectivity index (χ4v) is 4.48. The van der Waals surface area contributed by atoms with Gasteiger partial charge in [-0.1, -0.05) is 11.6 Å². The first-order valence-corrected chi connectivity index (χ1v) is 10.6. The minimum atomic E-state index is -0.544. The minimum Gasteiger partial charge on any atom is -0.489 e. The molecule has 0 aliphatic carbocycles. The van der Waals surface area contributed by atoms with E-state index in [0.29, 0.717) is 52.5 Å². The van der Waals surface area contributed by atoms with E-state index in [9.17, 15) is 5.11 Å². The van der Waals surface area contributed by atoms with Gasteiger partial charge in [0.25, 0.3) is 0 Å². The number of aliphatic hydroxyl groups excluding tert-OH is 1. The van der Waals surface area contributed by atoms with Crippen molar-refractivity contribution in [3.05, 3.63) is 40.1 Å². The van der Waals surface area contributed by atoms with Gasteiger partial charge in [-0.3, -0.25) is 4.90 Å². The second-order valence-corrected chi connectivity index (χ2v) is 8.61. The van der Waals surface area contributed by atoms with E-state index >= 15 is 4.39 Å². The molecule has 166 valence electrons. The third-order valence-electron chi connectivity index (χ3n) is 5.54. The molecular formula is C21H26ClFN6O2. The summed E-state index contributed by atoms with van der Waals surface area (Å²) < 4.78 is 23.0. The van der Waals surface area contributed by atoms with Crippen LogP contribution in [0.25, 0.3) is 11.0 Å². The number of nitrogens with zero attached hydrogens (tertiary/aromatic N) is 5. The minimum absolute atomic E-state index is 0.0121. The zero-order chi connectivity index (χ0) is 22.4. The molecule has 3 atom stereocenters. The Balaban J connectivity index is 1.86. The summed E-state index contributed by atoms with van der Waals surface area (Å²) in [7, 11) is 0. The summed E-state index contributed by atoms with van der Waals surface area (Å²) in [4.78, 5) is 10.4. The topological polar surface area (TPSA) is 102 Å². The van der Waals surface area contributed by atoms with Crippen molar-refractivity contribution in [2.45, 2.75) is 52.5 Å². The second-order valence-electron chi connectivity index (χ2n) is 8.20. The van der Waals surface area contributed by atoms with E-state index in [-0.39, 0.29) is 23.7 Å².